The highest BCUT2D eigenvalue weighted by Gasteiger charge is 2.18. The number of carbonyl (C=O) groups excluding carboxylic acids is 1. The van der Waals surface area contributed by atoms with Gasteiger partial charge in [0.15, 0.2) is 0 Å². The number of amides is 1. The van der Waals surface area contributed by atoms with Crippen LogP contribution in [0, 0.1) is 0 Å². The smallest absolute Gasteiger partial charge is 0.238 e. The van der Waals surface area contributed by atoms with Gasteiger partial charge in [0.25, 0.3) is 0 Å². The minimum atomic E-state index is 0.00754. The Morgan fingerprint density at radius 3 is 2.71 bits per heavy atom. The number of hydrogen-bond acceptors (Lipinski definition) is 4. The standard InChI is InChI=1S/C16H22N2O3/c1-20-15-10-13-4-2-3-12(13)9-14(15)17-16(19)11-18-5-7-21-8-6-18/h9-10H,2-8,11H2,1H3,(H,17,19). The second-order valence-electron chi connectivity index (χ2n) is 5.61. The van der Waals surface area contributed by atoms with Crippen LogP contribution in [0.15, 0.2) is 12.1 Å². The Balaban J connectivity index is 1.67. The molecule has 1 aliphatic heterocycles. The third kappa shape index (κ3) is 3.36. The summed E-state index contributed by atoms with van der Waals surface area (Å²) in [4.78, 5) is 14.3. The summed E-state index contributed by atoms with van der Waals surface area (Å²) in [5, 5.41) is 2.99. The number of morpholine rings is 1. The lowest BCUT2D eigenvalue weighted by Crippen LogP contribution is -2.41. The maximum absolute atomic E-state index is 12.2. The van der Waals surface area contributed by atoms with Crippen molar-refractivity contribution in [3.05, 3.63) is 23.3 Å². The van der Waals surface area contributed by atoms with Gasteiger partial charge in [-0.3, -0.25) is 9.69 Å². The fraction of sp³-hybridized carbons (Fsp3) is 0.562. The van der Waals surface area contributed by atoms with Gasteiger partial charge in [-0.05, 0) is 42.5 Å². The molecule has 1 fully saturated rings. The van der Waals surface area contributed by atoms with Crippen molar-refractivity contribution < 1.29 is 14.3 Å². The van der Waals surface area contributed by atoms with Crippen LogP contribution in [0.2, 0.25) is 0 Å². The first kappa shape index (κ1) is 14.4. The minimum Gasteiger partial charge on any atom is -0.495 e. The van der Waals surface area contributed by atoms with E-state index in [-0.39, 0.29) is 5.91 Å². The van der Waals surface area contributed by atoms with Crippen LogP contribution in [0.3, 0.4) is 0 Å². The Kier molecular flexibility index (Phi) is 4.41. The first-order valence-corrected chi connectivity index (χ1v) is 7.56. The van der Waals surface area contributed by atoms with E-state index in [0.717, 1.165) is 37.4 Å². The number of carbonyl (C=O) groups is 1. The molecule has 1 aromatic rings. The summed E-state index contributed by atoms with van der Waals surface area (Å²) in [7, 11) is 1.65. The van der Waals surface area contributed by atoms with Gasteiger partial charge < -0.3 is 14.8 Å². The molecule has 21 heavy (non-hydrogen) atoms. The number of fused-ring (bicyclic) bond motifs is 1. The maximum Gasteiger partial charge on any atom is 0.238 e. The van der Waals surface area contributed by atoms with Crippen LogP contribution in [0.1, 0.15) is 17.5 Å². The molecule has 114 valence electrons. The molecule has 3 rings (SSSR count). The van der Waals surface area contributed by atoms with Crippen molar-refractivity contribution in [2.45, 2.75) is 19.3 Å². The van der Waals surface area contributed by atoms with E-state index in [4.69, 9.17) is 9.47 Å². The highest BCUT2D eigenvalue weighted by molar-refractivity contribution is 5.94. The second-order valence-corrected chi connectivity index (χ2v) is 5.61. The zero-order valence-electron chi connectivity index (χ0n) is 12.5. The van der Waals surface area contributed by atoms with Crippen molar-refractivity contribution in [1.29, 1.82) is 0 Å². The van der Waals surface area contributed by atoms with Gasteiger partial charge in [-0.1, -0.05) is 0 Å². The molecule has 0 unspecified atom stereocenters. The molecule has 1 N–H and O–H groups in total. The Bertz CT molecular complexity index is 524. The molecule has 1 heterocycles. The fourth-order valence-electron chi connectivity index (χ4n) is 3.02. The fourth-order valence-corrected chi connectivity index (χ4v) is 3.02. The number of aryl methyl sites for hydroxylation is 2. The number of nitrogens with one attached hydrogen (secondary N) is 1. The van der Waals surface area contributed by atoms with E-state index in [1.54, 1.807) is 7.11 Å². The van der Waals surface area contributed by atoms with E-state index < -0.39 is 0 Å². The van der Waals surface area contributed by atoms with Gasteiger partial charge in [-0.15, -0.1) is 0 Å². The Hall–Kier alpha value is -1.59. The molecule has 0 radical (unpaired) electrons. The van der Waals surface area contributed by atoms with E-state index in [2.05, 4.69) is 22.3 Å². The van der Waals surface area contributed by atoms with Crippen LogP contribution in [-0.2, 0) is 22.4 Å². The quantitative estimate of drug-likeness (QED) is 0.912. The van der Waals surface area contributed by atoms with Gasteiger partial charge >= 0.3 is 0 Å². The van der Waals surface area contributed by atoms with Crippen molar-refractivity contribution >= 4 is 11.6 Å². The Labute approximate surface area is 125 Å². The third-order valence-corrected chi connectivity index (χ3v) is 4.16. The van der Waals surface area contributed by atoms with Crippen LogP contribution in [0.4, 0.5) is 5.69 Å². The zero-order chi connectivity index (χ0) is 14.7. The number of benzene rings is 1. The van der Waals surface area contributed by atoms with E-state index in [9.17, 15) is 4.79 Å². The molecule has 0 bridgehead atoms. The Morgan fingerprint density at radius 1 is 1.29 bits per heavy atom. The Morgan fingerprint density at radius 2 is 2.00 bits per heavy atom. The minimum absolute atomic E-state index is 0.00754. The lowest BCUT2D eigenvalue weighted by Gasteiger charge is -2.26. The van der Waals surface area contributed by atoms with Gasteiger partial charge in [0.2, 0.25) is 5.91 Å². The first-order chi connectivity index (χ1) is 10.3. The van der Waals surface area contributed by atoms with Crippen molar-refractivity contribution in [3.63, 3.8) is 0 Å². The molecular weight excluding hydrogens is 268 g/mol. The molecule has 0 saturated carbocycles. The number of anilines is 1. The van der Waals surface area contributed by atoms with Crippen LogP contribution in [0.5, 0.6) is 5.75 Å². The van der Waals surface area contributed by atoms with Crippen LogP contribution in [-0.4, -0.2) is 50.8 Å². The summed E-state index contributed by atoms with van der Waals surface area (Å²) in [6.07, 6.45) is 3.38. The number of methoxy groups -OCH3 is 1. The number of hydrogen-bond donors (Lipinski definition) is 1. The monoisotopic (exact) mass is 290 g/mol. The van der Waals surface area contributed by atoms with Crippen molar-refractivity contribution in [2.75, 3.05) is 45.3 Å². The lowest BCUT2D eigenvalue weighted by molar-refractivity contribution is -0.118. The summed E-state index contributed by atoms with van der Waals surface area (Å²) in [6.45, 7) is 3.44. The van der Waals surface area contributed by atoms with Gasteiger partial charge in [-0.2, -0.15) is 0 Å². The molecule has 1 amide bonds. The van der Waals surface area contributed by atoms with Gasteiger partial charge in [0, 0.05) is 13.1 Å². The van der Waals surface area contributed by atoms with Gasteiger partial charge in [0.05, 0.1) is 32.6 Å². The molecular formula is C16H22N2O3. The van der Waals surface area contributed by atoms with Crippen LogP contribution in [0.25, 0.3) is 0 Å². The summed E-state index contributed by atoms with van der Waals surface area (Å²) >= 11 is 0. The largest absolute Gasteiger partial charge is 0.495 e. The predicted octanol–water partition coefficient (Wildman–Crippen LogP) is 1.45. The highest BCUT2D eigenvalue weighted by Crippen LogP contribution is 2.33. The summed E-state index contributed by atoms with van der Waals surface area (Å²) in [5.74, 6) is 0.763. The van der Waals surface area contributed by atoms with Crippen LogP contribution < -0.4 is 10.1 Å². The van der Waals surface area contributed by atoms with E-state index in [0.29, 0.717) is 19.8 Å². The average molecular weight is 290 g/mol. The molecule has 0 atom stereocenters. The molecule has 2 aliphatic rings. The highest BCUT2D eigenvalue weighted by atomic mass is 16.5. The molecule has 5 nitrogen and oxygen atoms in total. The third-order valence-electron chi connectivity index (χ3n) is 4.16. The molecule has 1 aliphatic carbocycles. The van der Waals surface area contributed by atoms with Gasteiger partial charge in [-0.25, -0.2) is 0 Å². The maximum atomic E-state index is 12.2. The summed E-state index contributed by atoms with van der Waals surface area (Å²) in [6, 6.07) is 4.13. The van der Waals surface area contributed by atoms with E-state index in [1.165, 1.54) is 17.5 Å². The van der Waals surface area contributed by atoms with E-state index >= 15 is 0 Å². The van der Waals surface area contributed by atoms with E-state index in [1.807, 2.05) is 0 Å². The molecule has 0 spiro atoms. The number of rotatable bonds is 4. The molecule has 0 aromatic heterocycles. The average Bonchev–Trinajstić information content (AvgIpc) is 2.94. The number of nitrogens with zero attached hydrogens (tertiary/aromatic N) is 1. The van der Waals surface area contributed by atoms with Crippen molar-refractivity contribution in [2.24, 2.45) is 0 Å². The first-order valence-electron chi connectivity index (χ1n) is 7.56. The normalized spacial score (nSPS) is 18.3. The van der Waals surface area contributed by atoms with Crippen molar-refractivity contribution in [1.82, 2.24) is 4.90 Å². The summed E-state index contributed by atoms with van der Waals surface area (Å²) < 4.78 is 10.7. The number of ether oxygens (including phenoxy) is 2. The molecule has 5 heteroatoms. The molecule has 1 saturated heterocycles. The van der Waals surface area contributed by atoms with Crippen molar-refractivity contribution in [3.8, 4) is 5.75 Å². The molecule has 1 aromatic carbocycles. The van der Waals surface area contributed by atoms with Gasteiger partial charge in [0.1, 0.15) is 5.75 Å². The SMILES string of the molecule is COc1cc2c(cc1NC(=O)CN1CCOCC1)CCC2. The van der Waals surface area contributed by atoms with Crippen LogP contribution >= 0.6 is 0 Å². The predicted molar refractivity (Wildman–Crippen MR) is 80.9 cm³/mol. The lowest BCUT2D eigenvalue weighted by atomic mass is 10.1. The second kappa shape index (κ2) is 6.45. The topological polar surface area (TPSA) is 50.8 Å². The zero-order valence-corrected chi connectivity index (χ0v) is 12.5. The summed E-state index contributed by atoms with van der Waals surface area (Å²) in [5.41, 5.74) is 3.46.